The highest BCUT2D eigenvalue weighted by Crippen LogP contribution is 2.26. The predicted molar refractivity (Wildman–Crippen MR) is 76.5 cm³/mol. The summed E-state index contributed by atoms with van der Waals surface area (Å²) < 4.78 is 5.60. The van der Waals surface area contributed by atoms with E-state index in [-0.39, 0.29) is 0 Å². The van der Waals surface area contributed by atoms with Crippen LogP contribution in [-0.2, 0) is 6.42 Å². The summed E-state index contributed by atoms with van der Waals surface area (Å²) in [7, 11) is 0. The van der Waals surface area contributed by atoms with Crippen LogP contribution in [0.5, 0.6) is 5.75 Å². The fourth-order valence-electron chi connectivity index (χ4n) is 1.61. The number of benzene rings is 2. The van der Waals surface area contributed by atoms with Gasteiger partial charge in [0.25, 0.3) is 0 Å². The first-order chi connectivity index (χ1) is 8.66. The summed E-state index contributed by atoms with van der Waals surface area (Å²) >= 11 is 11.7. The highest BCUT2D eigenvalue weighted by Gasteiger charge is 2.01. The molecule has 0 saturated carbocycles. The molecule has 0 spiro atoms. The van der Waals surface area contributed by atoms with Crippen molar-refractivity contribution in [2.45, 2.75) is 6.42 Å². The molecule has 0 atom stereocenters. The Hall–Kier alpha value is -1.38. The molecule has 0 saturated heterocycles. The quantitative estimate of drug-likeness (QED) is 0.853. The van der Waals surface area contributed by atoms with E-state index in [1.54, 1.807) is 18.2 Å². The third-order valence-corrected chi connectivity index (χ3v) is 3.33. The molecule has 0 radical (unpaired) electrons. The van der Waals surface area contributed by atoms with Gasteiger partial charge in [-0.05, 0) is 23.8 Å². The van der Waals surface area contributed by atoms with Gasteiger partial charge in [0.15, 0.2) is 0 Å². The molecular weight excluding hydrogens is 269 g/mol. The van der Waals surface area contributed by atoms with Gasteiger partial charge in [-0.3, -0.25) is 0 Å². The Kier molecular flexibility index (Phi) is 4.34. The van der Waals surface area contributed by atoms with Gasteiger partial charge < -0.3 is 10.5 Å². The van der Waals surface area contributed by atoms with Crippen LogP contribution < -0.4 is 10.5 Å². The van der Waals surface area contributed by atoms with Crippen molar-refractivity contribution in [3.63, 3.8) is 0 Å². The fourth-order valence-corrected chi connectivity index (χ4v) is 1.90. The van der Waals surface area contributed by atoms with Crippen molar-refractivity contribution in [2.75, 3.05) is 12.3 Å². The zero-order valence-corrected chi connectivity index (χ0v) is 11.2. The summed E-state index contributed by atoms with van der Waals surface area (Å²) in [6.45, 7) is 0.548. The minimum Gasteiger partial charge on any atom is -0.493 e. The third kappa shape index (κ3) is 3.31. The number of nitrogen functional groups attached to an aromatic ring is 1. The molecule has 0 aliphatic carbocycles. The Bertz CT molecular complexity index is 543. The molecule has 94 valence electrons. The van der Waals surface area contributed by atoms with E-state index in [1.165, 1.54) is 0 Å². The average molecular weight is 282 g/mol. The Morgan fingerprint density at radius 1 is 1.00 bits per heavy atom. The summed E-state index contributed by atoms with van der Waals surface area (Å²) in [5, 5.41) is 1.02. The average Bonchev–Trinajstić information content (AvgIpc) is 2.36. The maximum Gasteiger partial charge on any atom is 0.120 e. The third-order valence-electron chi connectivity index (χ3n) is 2.59. The van der Waals surface area contributed by atoms with Gasteiger partial charge in [-0.1, -0.05) is 41.4 Å². The van der Waals surface area contributed by atoms with Gasteiger partial charge in [-0.25, -0.2) is 0 Å². The van der Waals surface area contributed by atoms with Gasteiger partial charge in [0.2, 0.25) is 0 Å². The van der Waals surface area contributed by atoms with Crippen molar-refractivity contribution in [3.05, 3.63) is 58.1 Å². The second-order valence-electron chi connectivity index (χ2n) is 3.87. The van der Waals surface area contributed by atoms with Gasteiger partial charge in [0, 0.05) is 18.2 Å². The van der Waals surface area contributed by atoms with Crippen LogP contribution in [0.2, 0.25) is 10.0 Å². The van der Waals surface area contributed by atoms with Crippen molar-refractivity contribution in [2.24, 2.45) is 0 Å². The predicted octanol–water partition coefficient (Wildman–Crippen LogP) is 4.20. The van der Waals surface area contributed by atoms with E-state index in [0.717, 1.165) is 17.7 Å². The number of nitrogens with two attached hydrogens (primary N) is 1. The summed E-state index contributed by atoms with van der Waals surface area (Å²) in [6, 6.07) is 13.0. The van der Waals surface area contributed by atoms with Crippen LogP contribution in [0.15, 0.2) is 42.5 Å². The normalized spacial score (nSPS) is 10.3. The molecule has 2 nitrogen and oxygen atoms in total. The standard InChI is InChI=1S/C14H13Cl2NO/c15-12-6-5-11(9-13(12)16)18-8-7-10-3-1-2-4-14(10)17/h1-6,9H,7-8,17H2. The zero-order chi connectivity index (χ0) is 13.0. The summed E-state index contributed by atoms with van der Waals surface area (Å²) in [5.74, 6) is 0.707. The summed E-state index contributed by atoms with van der Waals surface area (Å²) in [5.41, 5.74) is 7.72. The van der Waals surface area contributed by atoms with Crippen LogP contribution in [0.1, 0.15) is 5.56 Å². The van der Waals surface area contributed by atoms with Crippen LogP contribution >= 0.6 is 23.2 Å². The number of anilines is 1. The van der Waals surface area contributed by atoms with E-state index >= 15 is 0 Å². The van der Waals surface area contributed by atoms with E-state index in [2.05, 4.69) is 0 Å². The molecule has 0 unspecified atom stereocenters. The van der Waals surface area contributed by atoms with Crippen molar-refractivity contribution < 1.29 is 4.74 Å². The lowest BCUT2D eigenvalue weighted by Gasteiger charge is -2.08. The second kappa shape index (κ2) is 5.98. The number of halogens is 2. The molecule has 0 aliphatic rings. The maximum atomic E-state index is 5.90. The number of hydrogen-bond donors (Lipinski definition) is 1. The largest absolute Gasteiger partial charge is 0.493 e. The lowest BCUT2D eigenvalue weighted by Crippen LogP contribution is -2.03. The molecule has 4 heteroatoms. The fraction of sp³-hybridized carbons (Fsp3) is 0.143. The van der Waals surface area contributed by atoms with E-state index in [4.69, 9.17) is 33.7 Å². The van der Waals surface area contributed by atoms with E-state index < -0.39 is 0 Å². The molecule has 0 aromatic heterocycles. The SMILES string of the molecule is Nc1ccccc1CCOc1ccc(Cl)c(Cl)c1. The van der Waals surface area contributed by atoms with E-state index in [0.29, 0.717) is 22.4 Å². The highest BCUT2D eigenvalue weighted by atomic mass is 35.5. The first-order valence-corrected chi connectivity index (χ1v) is 6.33. The molecule has 0 bridgehead atoms. The van der Waals surface area contributed by atoms with Gasteiger partial charge >= 0.3 is 0 Å². The molecule has 2 aromatic rings. The first kappa shape index (κ1) is 13.1. The monoisotopic (exact) mass is 281 g/mol. The molecule has 0 fully saturated rings. The number of para-hydroxylation sites is 1. The topological polar surface area (TPSA) is 35.2 Å². The molecule has 18 heavy (non-hydrogen) atoms. The van der Waals surface area contributed by atoms with Gasteiger partial charge in [-0.15, -0.1) is 0 Å². The van der Waals surface area contributed by atoms with Crippen molar-refractivity contribution in [1.82, 2.24) is 0 Å². The van der Waals surface area contributed by atoms with Crippen LogP contribution in [0.4, 0.5) is 5.69 Å². The molecule has 0 heterocycles. The number of rotatable bonds is 4. The van der Waals surface area contributed by atoms with Crippen LogP contribution in [0, 0.1) is 0 Å². The highest BCUT2D eigenvalue weighted by molar-refractivity contribution is 6.42. The smallest absolute Gasteiger partial charge is 0.120 e. The first-order valence-electron chi connectivity index (χ1n) is 5.58. The van der Waals surface area contributed by atoms with Gasteiger partial charge in [-0.2, -0.15) is 0 Å². The molecule has 0 aliphatic heterocycles. The summed E-state index contributed by atoms with van der Waals surface area (Å²) in [4.78, 5) is 0. The number of hydrogen-bond acceptors (Lipinski definition) is 2. The molecule has 2 rings (SSSR count). The lowest BCUT2D eigenvalue weighted by molar-refractivity contribution is 0.322. The zero-order valence-electron chi connectivity index (χ0n) is 9.70. The minimum atomic E-state index is 0.494. The Morgan fingerprint density at radius 3 is 2.50 bits per heavy atom. The molecular formula is C14H13Cl2NO. The molecule has 2 aromatic carbocycles. The Morgan fingerprint density at radius 2 is 1.78 bits per heavy atom. The van der Waals surface area contributed by atoms with Crippen LogP contribution in [0.3, 0.4) is 0 Å². The van der Waals surface area contributed by atoms with Crippen molar-refractivity contribution in [1.29, 1.82) is 0 Å². The lowest BCUT2D eigenvalue weighted by atomic mass is 10.1. The molecule has 0 amide bonds. The van der Waals surface area contributed by atoms with Crippen molar-refractivity contribution >= 4 is 28.9 Å². The van der Waals surface area contributed by atoms with E-state index in [1.807, 2.05) is 24.3 Å². The Balaban J connectivity index is 1.92. The molecule has 2 N–H and O–H groups in total. The number of ether oxygens (including phenoxy) is 1. The second-order valence-corrected chi connectivity index (χ2v) is 4.69. The van der Waals surface area contributed by atoms with Crippen LogP contribution in [0.25, 0.3) is 0 Å². The van der Waals surface area contributed by atoms with Crippen molar-refractivity contribution in [3.8, 4) is 5.75 Å². The maximum absolute atomic E-state index is 5.90. The van der Waals surface area contributed by atoms with Gasteiger partial charge in [0.1, 0.15) is 5.75 Å². The van der Waals surface area contributed by atoms with Gasteiger partial charge in [0.05, 0.1) is 16.7 Å². The van der Waals surface area contributed by atoms with Crippen LogP contribution in [-0.4, -0.2) is 6.61 Å². The minimum absolute atomic E-state index is 0.494. The summed E-state index contributed by atoms with van der Waals surface area (Å²) in [6.07, 6.45) is 0.757. The van der Waals surface area contributed by atoms with E-state index in [9.17, 15) is 0 Å². The Labute approximate surface area is 116 Å².